The summed E-state index contributed by atoms with van der Waals surface area (Å²) in [7, 11) is 1.61. The first-order valence-corrected chi connectivity index (χ1v) is 6.64. The molecule has 1 N–H and O–H groups in total. The lowest BCUT2D eigenvalue weighted by Crippen LogP contribution is -2.38. The van der Waals surface area contributed by atoms with Gasteiger partial charge in [0.1, 0.15) is 0 Å². The highest BCUT2D eigenvalue weighted by molar-refractivity contribution is 5.28. The van der Waals surface area contributed by atoms with Gasteiger partial charge in [-0.3, -0.25) is 0 Å². The van der Waals surface area contributed by atoms with E-state index >= 15 is 0 Å². The first-order chi connectivity index (χ1) is 8.78. The van der Waals surface area contributed by atoms with Crippen LogP contribution < -0.4 is 10.1 Å². The molecule has 1 atom stereocenters. The fraction of sp³-hybridized carbons (Fsp3) is 0.692. The Balaban J connectivity index is 1.83. The standard InChI is InChI=1S/C13H22N4O/c1-11(10-17-8-4-3-5-9-17)15-13-14-7-6-12(16-13)18-2/h6-7,11H,3-5,8-10H2,1-2H3,(H,14,15,16). The van der Waals surface area contributed by atoms with E-state index in [9.17, 15) is 0 Å². The van der Waals surface area contributed by atoms with Crippen molar-refractivity contribution in [1.82, 2.24) is 14.9 Å². The summed E-state index contributed by atoms with van der Waals surface area (Å²) < 4.78 is 5.08. The van der Waals surface area contributed by atoms with Gasteiger partial charge < -0.3 is 15.0 Å². The molecule has 2 rings (SSSR count). The molecule has 1 saturated heterocycles. The fourth-order valence-corrected chi connectivity index (χ4v) is 2.32. The lowest BCUT2D eigenvalue weighted by molar-refractivity contribution is 0.223. The number of hydrogen-bond donors (Lipinski definition) is 1. The zero-order valence-corrected chi connectivity index (χ0v) is 11.2. The van der Waals surface area contributed by atoms with Gasteiger partial charge in [0.15, 0.2) is 0 Å². The summed E-state index contributed by atoms with van der Waals surface area (Å²) in [6, 6.07) is 2.09. The normalized spacial score (nSPS) is 18.3. The highest BCUT2D eigenvalue weighted by atomic mass is 16.5. The first-order valence-electron chi connectivity index (χ1n) is 6.64. The minimum atomic E-state index is 0.343. The summed E-state index contributed by atoms with van der Waals surface area (Å²) in [5.41, 5.74) is 0. The number of hydrogen-bond acceptors (Lipinski definition) is 5. The van der Waals surface area contributed by atoms with E-state index < -0.39 is 0 Å². The number of piperidine rings is 1. The molecule has 0 spiro atoms. The molecule has 0 bridgehead atoms. The monoisotopic (exact) mass is 250 g/mol. The van der Waals surface area contributed by atoms with E-state index in [0.717, 1.165) is 6.54 Å². The van der Waals surface area contributed by atoms with E-state index in [1.807, 2.05) is 0 Å². The van der Waals surface area contributed by atoms with Crippen LogP contribution in [0.4, 0.5) is 5.95 Å². The van der Waals surface area contributed by atoms with E-state index in [1.165, 1.54) is 32.4 Å². The van der Waals surface area contributed by atoms with E-state index in [2.05, 4.69) is 27.1 Å². The van der Waals surface area contributed by atoms with Gasteiger partial charge in [0.05, 0.1) is 7.11 Å². The van der Waals surface area contributed by atoms with Gasteiger partial charge in [-0.2, -0.15) is 4.98 Å². The molecular weight excluding hydrogens is 228 g/mol. The topological polar surface area (TPSA) is 50.3 Å². The van der Waals surface area contributed by atoms with Crippen molar-refractivity contribution >= 4 is 5.95 Å². The number of aromatic nitrogens is 2. The second-order valence-electron chi connectivity index (χ2n) is 4.83. The zero-order chi connectivity index (χ0) is 12.8. The van der Waals surface area contributed by atoms with Crippen molar-refractivity contribution in [2.75, 3.05) is 32.1 Å². The second-order valence-corrected chi connectivity index (χ2v) is 4.83. The number of nitrogens with one attached hydrogen (secondary N) is 1. The molecule has 1 aliphatic rings. The smallest absolute Gasteiger partial charge is 0.226 e. The molecular formula is C13H22N4O. The van der Waals surface area contributed by atoms with Gasteiger partial charge in [-0.1, -0.05) is 6.42 Å². The maximum absolute atomic E-state index is 5.08. The molecule has 5 heteroatoms. The van der Waals surface area contributed by atoms with Gasteiger partial charge in [0.2, 0.25) is 11.8 Å². The first kappa shape index (κ1) is 13.1. The average molecular weight is 250 g/mol. The van der Waals surface area contributed by atoms with Crippen LogP contribution in [0, 0.1) is 0 Å². The highest BCUT2D eigenvalue weighted by Gasteiger charge is 2.13. The highest BCUT2D eigenvalue weighted by Crippen LogP contribution is 2.11. The number of nitrogens with zero attached hydrogens (tertiary/aromatic N) is 3. The molecule has 1 aliphatic heterocycles. The second kappa shape index (κ2) is 6.54. The molecule has 0 aromatic carbocycles. The molecule has 0 aliphatic carbocycles. The summed E-state index contributed by atoms with van der Waals surface area (Å²) in [4.78, 5) is 11.0. The summed E-state index contributed by atoms with van der Waals surface area (Å²) in [6.07, 6.45) is 5.73. The van der Waals surface area contributed by atoms with Crippen LogP contribution in [-0.4, -0.2) is 47.7 Å². The Labute approximate surface area is 109 Å². The summed E-state index contributed by atoms with van der Waals surface area (Å²) >= 11 is 0. The quantitative estimate of drug-likeness (QED) is 0.863. The number of rotatable bonds is 5. The SMILES string of the molecule is COc1ccnc(NC(C)CN2CCCCC2)n1. The fourth-order valence-electron chi connectivity index (χ4n) is 2.32. The number of anilines is 1. The van der Waals surface area contributed by atoms with E-state index in [0.29, 0.717) is 17.9 Å². The Morgan fingerprint density at radius 2 is 2.17 bits per heavy atom. The summed E-state index contributed by atoms with van der Waals surface area (Å²) in [5, 5.41) is 3.32. The van der Waals surface area contributed by atoms with Crippen molar-refractivity contribution < 1.29 is 4.74 Å². The Morgan fingerprint density at radius 3 is 2.89 bits per heavy atom. The van der Waals surface area contributed by atoms with Crippen LogP contribution in [0.15, 0.2) is 12.3 Å². The zero-order valence-electron chi connectivity index (χ0n) is 11.2. The Morgan fingerprint density at radius 1 is 1.39 bits per heavy atom. The van der Waals surface area contributed by atoms with Gasteiger partial charge in [-0.15, -0.1) is 0 Å². The molecule has 5 nitrogen and oxygen atoms in total. The minimum absolute atomic E-state index is 0.343. The average Bonchev–Trinajstić information content (AvgIpc) is 2.40. The van der Waals surface area contributed by atoms with Crippen LogP contribution in [-0.2, 0) is 0 Å². The molecule has 0 radical (unpaired) electrons. The van der Waals surface area contributed by atoms with Crippen molar-refractivity contribution in [2.45, 2.75) is 32.2 Å². The molecule has 18 heavy (non-hydrogen) atoms. The van der Waals surface area contributed by atoms with E-state index in [4.69, 9.17) is 4.74 Å². The number of ether oxygens (including phenoxy) is 1. The summed E-state index contributed by atoms with van der Waals surface area (Å²) in [6.45, 7) is 5.63. The summed E-state index contributed by atoms with van der Waals surface area (Å²) in [5.74, 6) is 1.23. The lowest BCUT2D eigenvalue weighted by Gasteiger charge is -2.29. The van der Waals surface area contributed by atoms with Crippen LogP contribution in [0.2, 0.25) is 0 Å². The van der Waals surface area contributed by atoms with Crippen molar-refractivity contribution in [1.29, 1.82) is 0 Å². The third-order valence-corrected chi connectivity index (χ3v) is 3.20. The Kier molecular flexibility index (Phi) is 4.75. The van der Waals surface area contributed by atoms with Gasteiger partial charge in [-0.25, -0.2) is 4.98 Å². The van der Waals surface area contributed by atoms with Gasteiger partial charge in [0, 0.05) is 24.8 Å². The van der Waals surface area contributed by atoms with Crippen LogP contribution in [0.25, 0.3) is 0 Å². The van der Waals surface area contributed by atoms with Crippen LogP contribution in [0.3, 0.4) is 0 Å². The van der Waals surface area contributed by atoms with Crippen molar-refractivity contribution in [3.8, 4) is 5.88 Å². The predicted molar refractivity (Wildman–Crippen MR) is 72.0 cm³/mol. The molecule has 1 unspecified atom stereocenters. The van der Waals surface area contributed by atoms with Crippen LogP contribution in [0.1, 0.15) is 26.2 Å². The van der Waals surface area contributed by atoms with Crippen LogP contribution in [0.5, 0.6) is 5.88 Å². The predicted octanol–water partition coefficient (Wildman–Crippen LogP) is 1.77. The molecule has 0 amide bonds. The minimum Gasteiger partial charge on any atom is -0.481 e. The molecule has 2 heterocycles. The molecule has 1 fully saturated rings. The Bertz CT molecular complexity index is 366. The lowest BCUT2D eigenvalue weighted by atomic mass is 10.1. The maximum atomic E-state index is 5.08. The van der Waals surface area contributed by atoms with Crippen LogP contribution >= 0.6 is 0 Å². The molecule has 1 aromatic heterocycles. The van der Waals surface area contributed by atoms with E-state index in [-0.39, 0.29) is 0 Å². The third-order valence-electron chi connectivity index (χ3n) is 3.20. The number of methoxy groups -OCH3 is 1. The van der Waals surface area contributed by atoms with E-state index in [1.54, 1.807) is 19.4 Å². The number of likely N-dealkylation sites (tertiary alicyclic amines) is 1. The maximum Gasteiger partial charge on any atom is 0.226 e. The van der Waals surface area contributed by atoms with Crippen molar-refractivity contribution in [2.24, 2.45) is 0 Å². The molecule has 100 valence electrons. The van der Waals surface area contributed by atoms with Gasteiger partial charge in [0.25, 0.3) is 0 Å². The molecule has 0 saturated carbocycles. The van der Waals surface area contributed by atoms with Gasteiger partial charge in [-0.05, 0) is 32.9 Å². The van der Waals surface area contributed by atoms with Gasteiger partial charge >= 0.3 is 0 Å². The largest absolute Gasteiger partial charge is 0.481 e. The Hall–Kier alpha value is -1.36. The van der Waals surface area contributed by atoms with Crippen molar-refractivity contribution in [3.05, 3.63) is 12.3 Å². The third kappa shape index (κ3) is 3.84. The van der Waals surface area contributed by atoms with Crippen molar-refractivity contribution in [3.63, 3.8) is 0 Å². The molecule has 1 aromatic rings.